The highest BCUT2D eigenvalue weighted by atomic mass is 16.2. The summed E-state index contributed by atoms with van der Waals surface area (Å²) in [6.45, 7) is 3.85. The van der Waals surface area contributed by atoms with E-state index < -0.39 is 0 Å². The zero-order valence-corrected chi connectivity index (χ0v) is 16.1. The molecule has 2 fully saturated rings. The van der Waals surface area contributed by atoms with Crippen molar-refractivity contribution in [1.82, 2.24) is 10.2 Å². The fourth-order valence-corrected chi connectivity index (χ4v) is 4.31. The molecule has 2 aromatic rings. The molecule has 2 aromatic carbocycles. The van der Waals surface area contributed by atoms with Crippen molar-refractivity contribution >= 4 is 17.5 Å². The van der Waals surface area contributed by atoms with Crippen LogP contribution in [0.2, 0.25) is 0 Å². The molecule has 0 aromatic heterocycles. The van der Waals surface area contributed by atoms with Crippen molar-refractivity contribution in [2.24, 2.45) is 5.41 Å². The Hall–Kier alpha value is -2.66. The van der Waals surface area contributed by atoms with Crippen LogP contribution in [0.25, 0.3) is 0 Å². The summed E-state index contributed by atoms with van der Waals surface area (Å²) in [5, 5.41) is 6.30. The number of nitrogens with zero attached hydrogens (tertiary/aromatic N) is 1. The lowest BCUT2D eigenvalue weighted by atomic mass is 9.71. The number of likely N-dealkylation sites (tertiary alicyclic amines) is 1. The van der Waals surface area contributed by atoms with Crippen LogP contribution < -0.4 is 10.6 Å². The summed E-state index contributed by atoms with van der Waals surface area (Å²) in [6, 6.07) is 16.3. The van der Waals surface area contributed by atoms with Crippen molar-refractivity contribution in [3.8, 4) is 0 Å². The number of hydrogen-bond acceptors (Lipinski definition) is 3. The lowest BCUT2D eigenvalue weighted by Crippen LogP contribution is -2.47. The zero-order chi connectivity index (χ0) is 19.4. The molecule has 2 saturated heterocycles. The van der Waals surface area contributed by atoms with Gasteiger partial charge in [-0.25, -0.2) is 0 Å². The van der Waals surface area contributed by atoms with Gasteiger partial charge >= 0.3 is 0 Å². The number of carbonyl (C=O) groups excluding carboxylic acids is 2. The van der Waals surface area contributed by atoms with Gasteiger partial charge in [0, 0.05) is 29.9 Å². The molecule has 4 rings (SSSR count). The molecule has 0 aliphatic carbocycles. The first kappa shape index (κ1) is 18.7. The second-order valence-electron chi connectivity index (χ2n) is 7.94. The number of para-hydroxylation sites is 1. The molecule has 2 heterocycles. The number of rotatable bonds is 3. The summed E-state index contributed by atoms with van der Waals surface area (Å²) >= 11 is 0. The summed E-state index contributed by atoms with van der Waals surface area (Å²) < 4.78 is 0. The quantitative estimate of drug-likeness (QED) is 0.860. The molecule has 0 saturated carbocycles. The highest BCUT2D eigenvalue weighted by molar-refractivity contribution is 6.05. The molecule has 0 radical (unpaired) electrons. The fourth-order valence-electron chi connectivity index (χ4n) is 4.31. The fraction of sp³-hybridized carbons (Fsp3) is 0.391. The Morgan fingerprint density at radius 3 is 2.07 bits per heavy atom. The molecular weight excluding hydrogens is 350 g/mol. The SMILES string of the molecule is O=C(Nc1ccccc1)c1ccc(C(=O)N2CCC3(CCNCC3)CC2)cc1. The third kappa shape index (κ3) is 4.09. The van der Waals surface area contributed by atoms with Crippen molar-refractivity contribution in [2.45, 2.75) is 25.7 Å². The second kappa shape index (κ2) is 8.15. The van der Waals surface area contributed by atoms with Gasteiger partial charge in [0.25, 0.3) is 11.8 Å². The molecule has 5 heteroatoms. The summed E-state index contributed by atoms with van der Waals surface area (Å²) in [7, 11) is 0. The first-order valence-electron chi connectivity index (χ1n) is 10.1. The molecule has 2 aliphatic rings. The maximum absolute atomic E-state index is 12.9. The number of amides is 2. The molecule has 28 heavy (non-hydrogen) atoms. The second-order valence-corrected chi connectivity index (χ2v) is 7.94. The summed E-state index contributed by atoms with van der Waals surface area (Å²) in [5.41, 5.74) is 2.39. The number of carbonyl (C=O) groups is 2. The Kier molecular flexibility index (Phi) is 5.44. The lowest BCUT2D eigenvalue weighted by Gasteiger charge is -2.44. The van der Waals surface area contributed by atoms with Crippen LogP contribution in [0.4, 0.5) is 5.69 Å². The van der Waals surface area contributed by atoms with Crippen LogP contribution in [-0.4, -0.2) is 42.9 Å². The Bertz CT molecular complexity index is 817. The highest BCUT2D eigenvalue weighted by Gasteiger charge is 2.36. The third-order valence-electron chi connectivity index (χ3n) is 6.20. The minimum Gasteiger partial charge on any atom is -0.339 e. The van der Waals surface area contributed by atoms with Crippen molar-refractivity contribution < 1.29 is 9.59 Å². The van der Waals surface area contributed by atoms with Gasteiger partial charge in [-0.3, -0.25) is 9.59 Å². The minimum atomic E-state index is -0.170. The number of nitrogens with one attached hydrogen (secondary N) is 2. The largest absolute Gasteiger partial charge is 0.339 e. The maximum Gasteiger partial charge on any atom is 0.255 e. The molecule has 1 spiro atoms. The lowest BCUT2D eigenvalue weighted by molar-refractivity contribution is 0.0495. The van der Waals surface area contributed by atoms with Gasteiger partial charge in [0.05, 0.1) is 0 Å². The summed E-state index contributed by atoms with van der Waals surface area (Å²) in [5.74, 6) is -0.102. The van der Waals surface area contributed by atoms with Gasteiger partial charge < -0.3 is 15.5 Å². The van der Waals surface area contributed by atoms with Gasteiger partial charge in [0.15, 0.2) is 0 Å². The zero-order valence-electron chi connectivity index (χ0n) is 16.1. The smallest absolute Gasteiger partial charge is 0.255 e. The van der Waals surface area contributed by atoms with Gasteiger partial charge in [-0.1, -0.05) is 18.2 Å². The van der Waals surface area contributed by atoms with Crippen molar-refractivity contribution in [2.75, 3.05) is 31.5 Å². The summed E-state index contributed by atoms with van der Waals surface area (Å²) in [4.78, 5) is 27.2. The molecule has 0 unspecified atom stereocenters. The molecule has 5 nitrogen and oxygen atoms in total. The molecule has 2 aliphatic heterocycles. The van der Waals surface area contributed by atoms with E-state index in [9.17, 15) is 9.59 Å². The van der Waals surface area contributed by atoms with Crippen LogP contribution in [0.15, 0.2) is 54.6 Å². The number of benzene rings is 2. The van der Waals surface area contributed by atoms with E-state index in [-0.39, 0.29) is 11.8 Å². The molecule has 0 atom stereocenters. The van der Waals surface area contributed by atoms with Crippen LogP contribution in [0.5, 0.6) is 0 Å². The van der Waals surface area contributed by atoms with Crippen LogP contribution in [0.1, 0.15) is 46.4 Å². The van der Waals surface area contributed by atoms with E-state index in [1.807, 2.05) is 35.2 Å². The van der Waals surface area contributed by atoms with Crippen LogP contribution in [0.3, 0.4) is 0 Å². The Balaban J connectivity index is 1.36. The van der Waals surface area contributed by atoms with Crippen molar-refractivity contribution in [1.29, 1.82) is 0 Å². The minimum absolute atomic E-state index is 0.0683. The molecule has 0 bridgehead atoms. The first-order valence-corrected chi connectivity index (χ1v) is 10.1. The number of anilines is 1. The van der Waals surface area contributed by atoms with E-state index in [2.05, 4.69) is 10.6 Å². The van der Waals surface area contributed by atoms with Gasteiger partial charge in [-0.2, -0.15) is 0 Å². The van der Waals surface area contributed by atoms with Crippen LogP contribution in [-0.2, 0) is 0 Å². The summed E-state index contributed by atoms with van der Waals surface area (Å²) in [6.07, 6.45) is 4.64. The third-order valence-corrected chi connectivity index (χ3v) is 6.20. The Labute approximate surface area is 166 Å². The molecule has 2 amide bonds. The maximum atomic E-state index is 12.9. The van der Waals surface area contributed by atoms with E-state index in [0.29, 0.717) is 16.5 Å². The predicted molar refractivity (Wildman–Crippen MR) is 111 cm³/mol. The van der Waals surface area contributed by atoms with Gasteiger partial charge in [0.2, 0.25) is 0 Å². The molecule has 146 valence electrons. The van der Waals surface area contributed by atoms with E-state index in [4.69, 9.17) is 0 Å². The van der Waals surface area contributed by atoms with E-state index in [0.717, 1.165) is 44.7 Å². The van der Waals surface area contributed by atoms with Gasteiger partial charge in [-0.15, -0.1) is 0 Å². The van der Waals surface area contributed by atoms with Crippen LogP contribution >= 0.6 is 0 Å². The molecular formula is C23H27N3O2. The number of hydrogen-bond donors (Lipinski definition) is 2. The average Bonchev–Trinajstić information content (AvgIpc) is 2.75. The Morgan fingerprint density at radius 2 is 1.43 bits per heavy atom. The highest BCUT2D eigenvalue weighted by Crippen LogP contribution is 2.39. The van der Waals surface area contributed by atoms with Crippen LogP contribution in [0, 0.1) is 5.41 Å². The van der Waals surface area contributed by atoms with Crippen molar-refractivity contribution in [3.63, 3.8) is 0 Å². The number of piperidine rings is 2. The van der Waals surface area contributed by atoms with E-state index in [1.54, 1.807) is 24.3 Å². The normalized spacial score (nSPS) is 18.6. The first-order chi connectivity index (χ1) is 13.7. The van der Waals surface area contributed by atoms with Gasteiger partial charge in [0.1, 0.15) is 0 Å². The van der Waals surface area contributed by atoms with E-state index >= 15 is 0 Å². The standard InChI is InChI=1S/C23H27N3O2/c27-21(25-20-4-2-1-3-5-20)18-6-8-19(9-7-18)22(28)26-16-12-23(13-17-26)10-14-24-15-11-23/h1-9,24H,10-17H2,(H,25,27). The van der Waals surface area contributed by atoms with E-state index in [1.165, 1.54) is 12.8 Å². The predicted octanol–water partition coefficient (Wildman–Crippen LogP) is 3.54. The van der Waals surface area contributed by atoms with Crippen molar-refractivity contribution in [3.05, 3.63) is 65.7 Å². The average molecular weight is 377 g/mol. The Morgan fingerprint density at radius 1 is 0.821 bits per heavy atom. The monoisotopic (exact) mass is 377 g/mol. The van der Waals surface area contributed by atoms with Gasteiger partial charge in [-0.05, 0) is 80.6 Å². The molecule has 2 N–H and O–H groups in total. The topological polar surface area (TPSA) is 61.4 Å².